The Bertz CT molecular complexity index is 954. The third kappa shape index (κ3) is 4.35. The number of halogens is 1. The Kier molecular flexibility index (Phi) is 6.65. The first kappa shape index (κ1) is 20.8. The molecule has 0 aliphatic carbocycles. The summed E-state index contributed by atoms with van der Waals surface area (Å²) in [6, 6.07) is 39.8. The van der Waals surface area contributed by atoms with Crippen LogP contribution in [0.15, 0.2) is 115 Å². The first-order valence-electron chi connectivity index (χ1n) is 10.2. The van der Waals surface area contributed by atoms with Crippen LogP contribution >= 0.6 is 18.9 Å². The van der Waals surface area contributed by atoms with E-state index in [0.29, 0.717) is 11.4 Å². The lowest BCUT2D eigenvalue weighted by Crippen LogP contribution is -2.33. The second-order valence-corrected chi connectivity index (χ2v) is 11.4. The van der Waals surface area contributed by atoms with Gasteiger partial charge >= 0.3 is 0 Å². The van der Waals surface area contributed by atoms with Gasteiger partial charge in [-0.1, -0.05) is 78.3 Å². The minimum atomic E-state index is -1.92. The standard InChI is InChI=1S/C27H25ClOP/c28-23-18-16-22(17-19-23)27(29)20-21-30(24-10-4-1-5-11-24,25-12-6-2-7-13-25)26-14-8-3-9-15-26/h1-19,27,29H,20-21H2/q+1. The second-order valence-electron chi connectivity index (χ2n) is 7.40. The molecule has 0 fully saturated rings. The summed E-state index contributed by atoms with van der Waals surface area (Å²) in [6.45, 7) is 0. The summed E-state index contributed by atoms with van der Waals surface area (Å²) >= 11 is 6.03. The molecule has 0 heterocycles. The summed E-state index contributed by atoms with van der Waals surface area (Å²) in [4.78, 5) is 0. The van der Waals surface area contributed by atoms with Crippen molar-refractivity contribution in [1.29, 1.82) is 0 Å². The van der Waals surface area contributed by atoms with E-state index in [2.05, 4.69) is 91.0 Å². The minimum absolute atomic E-state index is 0.530. The molecule has 1 N–H and O–H groups in total. The SMILES string of the molecule is OC(CC[P+](c1ccccc1)(c1ccccc1)c1ccccc1)c1ccc(Cl)cc1. The summed E-state index contributed by atoms with van der Waals surface area (Å²) in [6.07, 6.45) is 1.03. The Morgan fingerprint density at radius 3 is 1.40 bits per heavy atom. The molecule has 4 aromatic carbocycles. The van der Waals surface area contributed by atoms with Gasteiger partial charge in [0.05, 0.1) is 12.3 Å². The molecular weight excluding hydrogens is 407 g/mol. The van der Waals surface area contributed by atoms with E-state index < -0.39 is 13.4 Å². The fourth-order valence-corrected chi connectivity index (χ4v) is 8.52. The van der Waals surface area contributed by atoms with E-state index in [1.54, 1.807) is 0 Å². The van der Waals surface area contributed by atoms with Crippen LogP contribution in [0.3, 0.4) is 0 Å². The van der Waals surface area contributed by atoms with Crippen LogP contribution in [-0.4, -0.2) is 11.3 Å². The molecule has 0 aromatic heterocycles. The van der Waals surface area contributed by atoms with Crippen molar-refractivity contribution in [1.82, 2.24) is 0 Å². The Morgan fingerprint density at radius 2 is 1.00 bits per heavy atom. The Hall–Kier alpha value is -2.44. The van der Waals surface area contributed by atoms with Crippen molar-refractivity contribution >= 4 is 34.8 Å². The fourth-order valence-electron chi connectivity index (χ4n) is 4.05. The van der Waals surface area contributed by atoms with Gasteiger partial charge in [-0.25, -0.2) is 0 Å². The van der Waals surface area contributed by atoms with E-state index in [1.807, 2.05) is 24.3 Å². The van der Waals surface area contributed by atoms with Crippen molar-refractivity contribution in [2.24, 2.45) is 0 Å². The number of hydrogen-bond donors (Lipinski definition) is 1. The Balaban J connectivity index is 1.79. The maximum atomic E-state index is 11.0. The van der Waals surface area contributed by atoms with Crippen LogP contribution in [0, 0.1) is 0 Å². The Morgan fingerprint density at radius 1 is 0.600 bits per heavy atom. The van der Waals surface area contributed by atoms with Gasteiger partial charge in [-0.2, -0.15) is 0 Å². The number of aliphatic hydroxyl groups excluding tert-OH is 1. The zero-order chi connectivity index (χ0) is 20.8. The lowest BCUT2D eigenvalue weighted by Gasteiger charge is -2.28. The molecule has 1 unspecified atom stereocenters. The largest absolute Gasteiger partial charge is 0.388 e. The zero-order valence-electron chi connectivity index (χ0n) is 16.7. The molecule has 0 spiro atoms. The van der Waals surface area contributed by atoms with E-state index in [-0.39, 0.29) is 0 Å². The highest BCUT2D eigenvalue weighted by Gasteiger charge is 2.45. The number of aliphatic hydroxyl groups is 1. The molecule has 1 atom stereocenters. The summed E-state index contributed by atoms with van der Waals surface area (Å²) in [5, 5.41) is 15.7. The van der Waals surface area contributed by atoms with Crippen molar-refractivity contribution in [3.63, 3.8) is 0 Å². The highest BCUT2D eigenvalue weighted by Crippen LogP contribution is 2.56. The number of benzene rings is 4. The second kappa shape index (κ2) is 9.58. The molecule has 150 valence electrons. The summed E-state index contributed by atoms with van der Waals surface area (Å²) < 4.78 is 0. The highest BCUT2D eigenvalue weighted by molar-refractivity contribution is 7.95. The van der Waals surface area contributed by atoms with Gasteiger partial charge in [0.1, 0.15) is 23.2 Å². The van der Waals surface area contributed by atoms with Crippen molar-refractivity contribution in [3.8, 4) is 0 Å². The lowest BCUT2D eigenvalue weighted by atomic mass is 10.1. The Labute approximate surface area is 184 Å². The molecule has 0 amide bonds. The molecule has 0 saturated carbocycles. The van der Waals surface area contributed by atoms with Crippen molar-refractivity contribution < 1.29 is 5.11 Å². The smallest absolute Gasteiger partial charge is 0.112 e. The normalized spacial score (nSPS) is 12.5. The summed E-state index contributed by atoms with van der Waals surface area (Å²) in [5.74, 6) is 0. The molecule has 4 aromatic rings. The van der Waals surface area contributed by atoms with Crippen molar-refractivity contribution in [2.75, 3.05) is 6.16 Å². The van der Waals surface area contributed by atoms with Crippen LogP contribution in [0.5, 0.6) is 0 Å². The van der Waals surface area contributed by atoms with Gasteiger partial charge in [0.15, 0.2) is 0 Å². The van der Waals surface area contributed by atoms with Crippen LogP contribution < -0.4 is 15.9 Å². The van der Waals surface area contributed by atoms with Gasteiger partial charge in [0, 0.05) is 11.4 Å². The molecule has 0 aliphatic heterocycles. The number of rotatable bonds is 7. The van der Waals surface area contributed by atoms with Gasteiger partial charge in [0.25, 0.3) is 0 Å². The third-order valence-electron chi connectivity index (χ3n) is 5.58. The molecule has 0 aliphatic rings. The first-order chi connectivity index (χ1) is 14.7. The monoisotopic (exact) mass is 431 g/mol. The number of hydrogen-bond acceptors (Lipinski definition) is 1. The zero-order valence-corrected chi connectivity index (χ0v) is 18.4. The lowest BCUT2D eigenvalue weighted by molar-refractivity contribution is 0.174. The van der Waals surface area contributed by atoms with E-state index in [0.717, 1.165) is 11.7 Å². The fraction of sp³-hybridized carbons (Fsp3) is 0.111. The molecule has 0 radical (unpaired) electrons. The van der Waals surface area contributed by atoms with Crippen molar-refractivity contribution in [2.45, 2.75) is 12.5 Å². The molecule has 0 bridgehead atoms. The van der Waals surface area contributed by atoms with E-state index in [9.17, 15) is 5.11 Å². The van der Waals surface area contributed by atoms with Gasteiger partial charge in [-0.05, 0) is 54.1 Å². The van der Waals surface area contributed by atoms with Crippen LogP contribution in [0.25, 0.3) is 0 Å². The third-order valence-corrected chi connectivity index (χ3v) is 10.3. The molecule has 30 heavy (non-hydrogen) atoms. The van der Waals surface area contributed by atoms with Crippen LogP contribution in [0.1, 0.15) is 18.1 Å². The maximum Gasteiger partial charge on any atom is 0.112 e. The molecule has 4 rings (SSSR count). The summed E-state index contributed by atoms with van der Waals surface area (Å²) in [7, 11) is -1.92. The highest BCUT2D eigenvalue weighted by atomic mass is 35.5. The summed E-state index contributed by atoms with van der Waals surface area (Å²) in [5.41, 5.74) is 0.909. The predicted molar refractivity (Wildman–Crippen MR) is 131 cm³/mol. The van der Waals surface area contributed by atoms with E-state index in [4.69, 9.17) is 11.6 Å². The average molecular weight is 432 g/mol. The maximum absolute atomic E-state index is 11.0. The molecule has 0 saturated heterocycles. The van der Waals surface area contributed by atoms with E-state index in [1.165, 1.54) is 15.9 Å². The van der Waals surface area contributed by atoms with Gasteiger partial charge in [0.2, 0.25) is 0 Å². The van der Waals surface area contributed by atoms with Crippen LogP contribution in [0.4, 0.5) is 0 Å². The van der Waals surface area contributed by atoms with Crippen LogP contribution in [-0.2, 0) is 0 Å². The van der Waals surface area contributed by atoms with Crippen molar-refractivity contribution in [3.05, 3.63) is 126 Å². The van der Waals surface area contributed by atoms with Gasteiger partial charge in [-0.3, -0.25) is 0 Å². The van der Waals surface area contributed by atoms with Crippen LogP contribution in [0.2, 0.25) is 5.02 Å². The topological polar surface area (TPSA) is 20.2 Å². The quantitative estimate of drug-likeness (QED) is 0.369. The molecule has 1 nitrogen and oxygen atoms in total. The minimum Gasteiger partial charge on any atom is -0.388 e. The molecular formula is C27H25ClOP+. The first-order valence-corrected chi connectivity index (χ1v) is 12.5. The van der Waals surface area contributed by atoms with Gasteiger partial charge < -0.3 is 5.11 Å². The molecule has 3 heteroatoms. The predicted octanol–water partition coefficient (Wildman–Crippen LogP) is 5.76. The van der Waals surface area contributed by atoms with E-state index >= 15 is 0 Å². The average Bonchev–Trinajstić information content (AvgIpc) is 2.82. The van der Waals surface area contributed by atoms with Gasteiger partial charge in [-0.15, -0.1) is 0 Å².